The molecule has 0 saturated carbocycles. The quantitative estimate of drug-likeness (QED) is 0.637. The molecule has 1 heterocycles. The second-order valence-corrected chi connectivity index (χ2v) is 5.85. The first-order valence-electron chi connectivity index (χ1n) is 5.64. The molecule has 2 N–H and O–H groups in total. The normalized spacial score (nSPS) is 12.2. The predicted octanol–water partition coefficient (Wildman–Crippen LogP) is 2.54. The molecule has 1 aromatic heterocycles. The van der Waals surface area contributed by atoms with Crippen LogP contribution in [0.2, 0.25) is 0 Å². The number of thiocarbonyl (C=S) groups is 1. The van der Waals surface area contributed by atoms with E-state index in [1.165, 1.54) is 15.3 Å². The van der Waals surface area contributed by atoms with Gasteiger partial charge in [-0.3, -0.25) is 0 Å². The summed E-state index contributed by atoms with van der Waals surface area (Å²) in [6, 6.07) is 2.46. The maximum Gasteiger partial charge on any atom is 0.166 e. The molecule has 0 amide bonds. The number of hydrogen-bond acceptors (Lipinski definition) is 3. The lowest BCUT2D eigenvalue weighted by Crippen LogP contribution is -2.38. The van der Waals surface area contributed by atoms with Crippen LogP contribution in [0.1, 0.15) is 28.3 Å². The highest BCUT2D eigenvalue weighted by atomic mass is 32.1. The van der Waals surface area contributed by atoms with Crippen molar-refractivity contribution in [2.75, 3.05) is 20.3 Å². The Morgan fingerprint density at radius 3 is 2.76 bits per heavy atom. The summed E-state index contributed by atoms with van der Waals surface area (Å²) in [5, 5.41) is 7.07. The summed E-state index contributed by atoms with van der Waals surface area (Å²) in [6.07, 6.45) is 0. The van der Waals surface area contributed by atoms with Gasteiger partial charge in [-0.05, 0) is 44.6 Å². The fourth-order valence-corrected chi connectivity index (χ4v) is 2.97. The van der Waals surface area contributed by atoms with Crippen LogP contribution in [0.4, 0.5) is 0 Å². The van der Waals surface area contributed by atoms with Gasteiger partial charge < -0.3 is 15.4 Å². The van der Waals surface area contributed by atoms with E-state index >= 15 is 0 Å². The number of methoxy groups -OCH3 is 1. The molecule has 96 valence electrons. The lowest BCUT2D eigenvalue weighted by atomic mass is 10.1. The molecule has 1 rings (SSSR count). The molecule has 0 fully saturated rings. The van der Waals surface area contributed by atoms with Crippen molar-refractivity contribution in [3.63, 3.8) is 0 Å². The fourth-order valence-electron chi connectivity index (χ4n) is 1.67. The molecule has 1 atom stereocenters. The second kappa shape index (κ2) is 6.93. The van der Waals surface area contributed by atoms with E-state index in [1.807, 2.05) is 11.3 Å². The van der Waals surface area contributed by atoms with Crippen molar-refractivity contribution in [3.05, 3.63) is 21.4 Å². The van der Waals surface area contributed by atoms with E-state index in [4.69, 9.17) is 17.0 Å². The Morgan fingerprint density at radius 2 is 2.24 bits per heavy atom. The highest BCUT2D eigenvalue weighted by Crippen LogP contribution is 2.25. The Bertz CT molecular complexity index is 377. The third kappa shape index (κ3) is 4.61. The highest BCUT2D eigenvalue weighted by molar-refractivity contribution is 7.80. The lowest BCUT2D eigenvalue weighted by molar-refractivity contribution is 0.204. The van der Waals surface area contributed by atoms with Crippen molar-refractivity contribution in [1.29, 1.82) is 0 Å². The van der Waals surface area contributed by atoms with Crippen molar-refractivity contribution in [2.24, 2.45) is 0 Å². The average molecular weight is 272 g/mol. The number of nitrogens with one attached hydrogen (secondary N) is 2. The van der Waals surface area contributed by atoms with Gasteiger partial charge in [-0.15, -0.1) is 11.3 Å². The molecule has 17 heavy (non-hydrogen) atoms. The topological polar surface area (TPSA) is 33.3 Å². The van der Waals surface area contributed by atoms with Crippen LogP contribution >= 0.6 is 23.6 Å². The van der Waals surface area contributed by atoms with Gasteiger partial charge in [0.15, 0.2) is 5.11 Å². The fraction of sp³-hybridized carbons (Fsp3) is 0.583. The molecule has 0 aromatic carbocycles. The minimum Gasteiger partial charge on any atom is -0.383 e. The van der Waals surface area contributed by atoms with Crippen LogP contribution in [0, 0.1) is 13.8 Å². The summed E-state index contributed by atoms with van der Waals surface area (Å²) >= 11 is 7.04. The Kier molecular flexibility index (Phi) is 5.88. The summed E-state index contributed by atoms with van der Waals surface area (Å²) in [5.74, 6) is 0. The Hall–Kier alpha value is -0.650. The van der Waals surface area contributed by atoms with Crippen LogP contribution in [0.15, 0.2) is 6.07 Å². The first-order chi connectivity index (χ1) is 8.04. The van der Waals surface area contributed by atoms with E-state index in [1.54, 1.807) is 7.11 Å². The molecule has 1 aromatic rings. The maximum atomic E-state index is 5.22. The molecule has 5 heteroatoms. The minimum atomic E-state index is 0.238. The van der Waals surface area contributed by atoms with Gasteiger partial charge in [-0.1, -0.05) is 0 Å². The van der Waals surface area contributed by atoms with Crippen LogP contribution in [0.3, 0.4) is 0 Å². The number of aryl methyl sites for hydroxylation is 2. The minimum absolute atomic E-state index is 0.238. The number of rotatable bonds is 5. The first kappa shape index (κ1) is 14.4. The third-order valence-corrected chi connectivity index (χ3v) is 3.73. The molecule has 0 aliphatic carbocycles. The van der Waals surface area contributed by atoms with Crippen LogP contribution in [0.5, 0.6) is 0 Å². The SMILES string of the molecule is COCCNC(=S)NC(C)c1cc(C)sc1C. The summed E-state index contributed by atoms with van der Waals surface area (Å²) < 4.78 is 4.96. The monoisotopic (exact) mass is 272 g/mol. The van der Waals surface area contributed by atoms with E-state index in [9.17, 15) is 0 Å². The standard InChI is InChI=1S/C12H20N2OS2/c1-8-7-11(10(3)17-8)9(2)14-12(16)13-5-6-15-4/h7,9H,5-6H2,1-4H3,(H2,13,14,16). The van der Waals surface area contributed by atoms with Crippen LogP contribution in [-0.4, -0.2) is 25.4 Å². The van der Waals surface area contributed by atoms with E-state index < -0.39 is 0 Å². The zero-order chi connectivity index (χ0) is 12.8. The number of hydrogen-bond donors (Lipinski definition) is 2. The maximum absolute atomic E-state index is 5.22. The average Bonchev–Trinajstić information content (AvgIpc) is 2.58. The highest BCUT2D eigenvalue weighted by Gasteiger charge is 2.11. The third-order valence-electron chi connectivity index (χ3n) is 2.49. The summed E-state index contributed by atoms with van der Waals surface area (Å²) in [5.41, 5.74) is 1.32. The summed E-state index contributed by atoms with van der Waals surface area (Å²) in [4.78, 5) is 2.69. The molecule has 0 aliphatic heterocycles. The second-order valence-electron chi connectivity index (χ2n) is 3.98. The molecule has 0 radical (unpaired) electrons. The van der Waals surface area contributed by atoms with Crippen molar-refractivity contribution in [3.8, 4) is 0 Å². The lowest BCUT2D eigenvalue weighted by Gasteiger charge is -2.17. The van der Waals surface area contributed by atoms with Gasteiger partial charge in [-0.25, -0.2) is 0 Å². The van der Waals surface area contributed by atoms with Crippen molar-refractivity contribution in [2.45, 2.75) is 26.8 Å². The molecule has 0 saturated heterocycles. The summed E-state index contributed by atoms with van der Waals surface area (Å²) in [7, 11) is 1.68. The van der Waals surface area contributed by atoms with Gasteiger partial charge in [0.25, 0.3) is 0 Å². The molecular weight excluding hydrogens is 252 g/mol. The molecule has 0 bridgehead atoms. The summed E-state index contributed by atoms with van der Waals surface area (Å²) in [6.45, 7) is 7.79. The van der Waals surface area contributed by atoms with Crippen LogP contribution in [-0.2, 0) is 4.74 Å². The van der Waals surface area contributed by atoms with Crippen molar-refractivity contribution in [1.82, 2.24) is 10.6 Å². The largest absolute Gasteiger partial charge is 0.383 e. The van der Waals surface area contributed by atoms with Crippen molar-refractivity contribution < 1.29 is 4.74 Å². The van der Waals surface area contributed by atoms with Gasteiger partial charge in [-0.2, -0.15) is 0 Å². The first-order valence-corrected chi connectivity index (χ1v) is 6.87. The molecular formula is C12H20N2OS2. The van der Waals surface area contributed by atoms with Gasteiger partial charge in [0.05, 0.1) is 12.6 Å². The zero-order valence-corrected chi connectivity index (χ0v) is 12.4. The van der Waals surface area contributed by atoms with E-state index in [-0.39, 0.29) is 6.04 Å². The van der Waals surface area contributed by atoms with Gasteiger partial charge in [0, 0.05) is 23.4 Å². The zero-order valence-electron chi connectivity index (χ0n) is 10.8. The van der Waals surface area contributed by atoms with Gasteiger partial charge in [0.2, 0.25) is 0 Å². The number of ether oxygens (including phenoxy) is 1. The van der Waals surface area contributed by atoms with Gasteiger partial charge in [0.1, 0.15) is 0 Å². The smallest absolute Gasteiger partial charge is 0.166 e. The van der Waals surface area contributed by atoms with Crippen molar-refractivity contribution >= 4 is 28.7 Å². The van der Waals surface area contributed by atoms with Gasteiger partial charge >= 0.3 is 0 Å². The Labute approximate surface area is 113 Å². The van der Waals surface area contributed by atoms with E-state index in [0.717, 1.165) is 6.54 Å². The Balaban J connectivity index is 2.46. The van der Waals surface area contributed by atoms with Crippen LogP contribution in [0.25, 0.3) is 0 Å². The molecule has 0 spiro atoms. The van der Waals surface area contributed by atoms with E-state index in [0.29, 0.717) is 11.7 Å². The molecule has 3 nitrogen and oxygen atoms in total. The van der Waals surface area contributed by atoms with Crippen LogP contribution < -0.4 is 10.6 Å². The molecule has 1 unspecified atom stereocenters. The number of thiophene rings is 1. The molecule has 0 aliphatic rings. The predicted molar refractivity (Wildman–Crippen MR) is 77.8 cm³/mol. The van der Waals surface area contributed by atoms with E-state index in [2.05, 4.69) is 37.5 Å². The Morgan fingerprint density at radius 1 is 1.53 bits per heavy atom.